The first kappa shape index (κ1) is 29.6. The van der Waals surface area contributed by atoms with E-state index in [0.717, 1.165) is 11.1 Å². The van der Waals surface area contributed by atoms with E-state index in [9.17, 15) is 14.7 Å². The van der Waals surface area contributed by atoms with Gasteiger partial charge in [-0.05, 0) is 53.8 Å². The molecule has 1 fully saturated rings. The number of aryl methyl sites for hydroxylation is 1. The summed E-state index contributed by atoms with van der Waals surface area (Å²) in [5, 5.41) is 13.2. The molecule has 3 aromatic carbocycles. The number of aromatic nitrogens is 2. The lowest BCUT2D eigenvalue weighted by Crippen LogP contribution is -2.54. The third kappa shape index (κ3) is 4.21. The van der Waals surface area contributed by atoms with E-state index in [4.69, 9.17) is 28.2 Å². The van der Waals surface area contributed by atoms with Gasteiger partial charge in [-0.1, -0.05) is 69.6 Å². The number of aromatic carboxylic acids is 1. The lowest BCUT2D eigenvalue weighted by Gasteiger charge is -2.43. The van der Waals surface area contributed by atoms with Crippen molar-refractivity contribution in [3.63, 3.8) is 0 Å². The van der Waals surface area contributed by atoms with E-state index in [1.807, 2.05) is 6.07 Å². The number of carboxylic acid groups (broad SMARTS) is 1. The van der Waals surface area contributed by atoms with Gasteiger partial charge in [-0.25, -0.2) is 14.2 Å². The third-order valence-corrected chi connectivity index (χ3v) is 9.52. The predicted molar refractivity (Wildman–Crippen MR) is 167 cm³/mol. The van der Waals surface area contributed by atoms with Gasteiger partial charge >= 0.3 is 5.97 Å². The van der Waals surface area contributed by atoms with Crippen molar-refractivity contribution in [1.82, 2.24) is 14.5 Å². The maximum absolute atomic E-state index is 16.2. The van der Waals surface area contributed by atoms with Crippen LogP contribution in [0.4, 0.5) is 10.1 Å². The van der Waals surface area contributed by atoms with E-state index in [1.54, 1.807) is 42.5 Å². The van der Waals surface area contributed by atoms with Crippen molar-refractivity contribution >= 4 is 51.8 Å². The SMILES string of the molecule is C.CC(C)(C)CN1[C@H]2CCn3c(nc4cc(C(=O)O)ccc43)[C@H]2[C@H](c2cccc(Cl)c2F)[C@]12C(=O)Nc1cc(Cl)ccc12. The van der Waals surface area contributed by atoms with Crippen LogP contribution in [0.1, 0.15) is 73.8 Å². The van der Waals surface area contributed by atoms with Gasteiger partial charge < -0.3 is 15.0 Å². The van der Waals surface area contributed by atoms with Gasteiger partial charge in [0.25, 0.3) is 0 Å². The highest BCUT2D eigenvalue weighted by Crippen LogP contribution is 2.64. The zero-order valence-electron chi connectivity index (χ0n) is 23.3. The number of halogens is 3. The number of carbonyl (C=O) groups is 2. The Bertz CT molecular complexity index is 1820. The molecule has 10 heteroatoms. The number of imidazole rings is 1. The molecule has 4 heterocycles. The molecule has 43 heavy (non-hydrogen) atoms. The summed E-state index contributed by atoms with van der Waals surface area (Å²) in [5.74, 6) is -2.22. The molecule has 3 aliphatic rings. The number of carbonyl (C=O) groups excluding carboxylic acids is 1. The summed E-state index contributed by atoms with van der Waals surface area (Å²) in [5.41, 5.74) is 1.74. The van der Waals surface area contributed by atoms with Crippen molar-refractivity contribution in [3.05, 3.63) is 93.0 Å². The van der Waals surface area contributed by atoms with Crippen molar-refractivity contribution in [1.29, 1.82) is 0 Å². The number of rotatable bonds is 3. The molecule has 7 nitrogen and oxygen atoms in total. The van der Waals surface area contributed by atoms with Crippen LogP contribution < -0.4 is 5.32 Å². The predicted octanol–water partition coefficient (Wildman–Crippen LogP) is 7.67. The van der Waals surface area contributed by atoms with Gasteiger partial charge in [0.05, 0.1) is 21.6 Å². The molecule has 7 rings (SSSR count). The van der Waals surface area contributed by atoms with E-state index in [0.29, 0.717) is 47.1 Å². The molecule has 224 valence electrons. The lowest BCUT2D eigenvalue weighted by molar-refractivity contribution is -0.128. The molecule has 0 bridgehead atoms. The second kappa shape index (κ2) is 10.0. The minimum Gasteiger partial charge on any atom is -0.478 e. The highest BCUT2D eigenvalue weighted by Gasteiger charge is 2.68. The molecular formula is C33H33Cl2FN4O3. The highest BCUT2D eigenvalue weighted by atomic mass is 35.5. The van der Waals surface area contributed by atoms with Crippen LogP contribution in [0.2, 0.25) is 10.0 Å². The largest absolute Gasteiger partial charge is 0.478 e. The molecule has 3 aliphatic heterocycles. The molecular weight excluding hydrogens is 590 g/mol. The van der Waals surface area contributed by atoms with Crippen LogP contribution in [0.5, 0.6) is 0 Å². The van der Waals surface area contributed by atoms with Gasteiger partial charge in [0, 0.05) is 47.2 Å². The Kier molecular flexibility index (Phi) is 6.91. The third-order valence-electron chi connectivity index (χ3n) is 9.00. The molecule has 1 spiro atoms. The van der Waals surface area contributed by atoms with Crippen LogP contribution >= 0.6 is 23.2 Å². The molecule has 1 saturated heterocycles. The number of carboxylic acids is 1. The number of fused-ring (bicyclic) bond motifs is 7. The standard InChI is InChI=1S/C32H29Cl2FN4O3.CH4/c1-31(2,3)15-39-24-11-12-38-23-10-7-16(29(40)41)13-22(23)36-28(38)25(24)26(18-5-4-6-20(34)27(18)35)32(39)19-9-8-17(33)14-21(19)37-30(32)42;/h4-10,13-14,24-26H,11-12,15H2,1-3H3,(H,37,42)(H,40,41);1H4/t24-,25+,26-,32+;/m0./s1. The molecule has 0 radical (unpaired) electrons. The summed E-state index contributed by atoms with van der Waals surface area (Å²) in [7, 11) is 0. The fourth-order valence-electron chi connectivity index (χ4n) is 7.62. The number of hydrogen-bond acceptors (Lipinski definition) is 4. The molecule has 4 atom stereocenters. The topological polar surface area (TPSA) is 87.5 Å². The smallest absolute Gasteiger partial charge is 0.335 e. The van der Waals surface area contributed by atoms with Crippen molar-refractivity contribution in [2.24, 2.45) is 5.41 Å². The fraction of sp³-hybridized carbons (Fsp3) is 0.364. The number of nitrogens with one attached hydrogen (secondary N) is 1. The molecule has 1 aromatic heterocycles. The molecule has 1 amide bonds. The maximum atomic E-state index is 16.2. The summed E-state index contributed by atoms with van der Waals surface area (Å²) in [6.45, 7) is 7.57. The first-order valence-corrected chi connectivity index (χ1v) is 14.7. The Morgan fingerprint density at radius 3 is 2.65 bits per heavy atom. The minimum atomic E-state index is -1.27. The van der Waals surface area contributed by atoms with Crippen LogP contribution in [0.3, 0.4) is 0 Å². The first-order chi connectivity index (χ1) is 19.9. The van der Waals surface area contributed by atoms with Crippen LogP contribution in [0.25, 0.3) is 11.0 Å². The summed E-state index contributed by atoms with van der Waals surface area (Å²) in [6, 6.07) is 15.1. The Hall–Kier alpha value is -3.46. The average Bonchev–Trinajstić information content (AvgIpc) is 3.53. The normalized spacial score (nSPS) is 24.4. The van der Waals surface area contributed by atoms with Crippen molar-refractivity contribution in [3.8, 4) is 0 Å². The van der Waals surface area contributed by atoms with Gasteiger partial charge in [-0.15, -0.1) is 0 Å². The Morgan fingerprint density at radius 2 is 1.93 bits per heavy atom. The Morgan fingerprint density at radius 1 is 1.16 bits per heavy atom. The van der Waals surface area contributed by atoms with Gasteiger partial charge in [0.2, 0.25) is 5.91 Å². The number of likely N-dealkylation sites (tertiary alicyclic amines) is 1. The zero-order chi connectivity index (χ0) is 29.7. The first-order valence-electron chi connectivity index (χ1n) is 14.0. The Balaban J connectivity index is 0.00000329. The second-order valence-electron chi connectivity index (χ2n) is 12.7. The molecule has 4 aromatic rings. The summed E-state index contributed by atoms with van der Waals surface area (Å²) < 4.78 is 18.3. The summed E-state index contributed by atoms with van der Waals surface area (Å²) in [4.78, 5) is 33.6. The van der Waals surface area contributed by atoms with Crippen LogP contribution in [-0.4, -0.2) is 44.0 Å². The minimum absolute atomic E-state index is 0. The van der Waals surface area contributed by atoms with Gasteiger partial charge in [-0.3, -0.25) is 9.69 Å². The second-order valence-corrected chi connectivity index (χ2v) is 13.6. The highest BCUT2D eigenvalue weighted by molar-refractivity contribution is 6.31. The van der Waals surface area contributed by atoms with Crippen LogP contribution in [-0.2, 0) is 16.9 Å². The van der Waals surface area contributed by atoms with Crippen LogP contribution in [0.15, 0.2) is 54.6 Å². The zero-order valence-corrected chi connectivity index (χ0v) is 24.8. The lowest BCUT2D eigenvalue weighted by atomic mass is 9.70. The average molecular weight is 624 g/mol. The van der Waals surface area contributed by atoms with Crippen LogP contribution in [0, 0.1) is 11.2 Å². The van der Waals surface area contributed by atoms with E-state index in [1.165, 1.54) is 6.07 Å². The number of hydrogen-bond donors (Lipinski definition) is 2. The van der Waals surface area contributed by atoms with Crippen molar-refractivity contribution in [2.75, 3.05) is 11.9 Å². The maximum Gasteiger partial charge on any atom is 0.335 e. The summed E-state index contributed by atoms with van der Waals surface area (Å²) in [6.07, 6.45) is 0.691. The monoisotopic (exact) mass is 622 g/mol. The van der Waals surface area contributed by atoms with E-state index >= 15 is 4.39 Å². The molecule has 0 saturated carbocycles. The molecule has 0 unspecified atom stereocenters. The van der Waals surface area contributed by atoms with E-state index in [-0.39, 0.29) is 35.4 Å². The Labute approximate surface area is 259 Å². The van der Waals surface area contributed by atoms with Crippen molar-refractivity contribution in [2.45, 2.75) is 64.6 Å². The van der Waals surface area contributed by atoms with Crippen molar-refractivity contribution < 1.29 is 19.1 Å². The molecule has 0 aliphatic carbocycles. The van der Waals surface area contributed by atoms with Gasteiger partial charge in [0.1, 0.15) is 17.2 Å². The number of benzene rings is 3. The van der Waals surface area contributed by atoms with E-state index in [2.05, 4.69) is 35.6 Å². The summed E-state index contributed by atoms with van der Waals surface area (Å²) >= 11 is 12.8. The quantitative estimate of drug-likeness (QED) is 0.245. The number of amides is 1. The fourth-order valence-corrected chi connectivity index (χ4v) is 7.98. The van der Waals surface area contributed by atoms with E-state index < -0.39 is 29.2 Å². The molecule has 2 N–H and O–H groups in total. The van der Waals surface area contributed by atoms with Gasteiger partial charge in [-0.2, -0.15) is 0 Å². The number of nitrogens with zero attached hydrogens (tertiary/aromatic N) is 3. The number of anilines is 1. The van der Waals surface area contributed by atoms with Gasteiger partial charge in [0.15, 0.2) is 0 Å².